The quantitative estimate of drug-likeness (QED) is 0.752. The predicted octanol–water partition coefficient (Wildman–Crippen LogP) is -0.571. The second-order valence-corrected chi connectivity index (χ2v) is 4.14. The third-order valence-corrected chi connectivity index (χ3v) is 2.74. The van der Waals surface area contributed by atoms with Crippen molar-refractivity contribution in [2.75, 3.05) is 31.6 Å². The van der Waals surface area contributed by atoms with Gasteiger partial charge in [-0.1, -0.05) is 0 Å². The van der Waals surface area contributed by atoms with E-state index < -0.39 is 6.04 Å². The van der Waals surface area contributed by atoms with Crippen LogP contribution in [0.4, 0.5) is 5.69 Å². The molecule has 0 aromatic carbocycles. The van der Waals surface area contributed by atoms with Gasteiger partial charge in [0.1, 0.15) is 6.04 Å². The molecular weight excluding hydrogens is 236 g/mol. The van der Waals surface area contributed by atoms with Gasteiger partial charge >= 0.3 is 0 Å². The van der Waals surface area contributed by atoms with E-state index in [1.807, 2.05) is 0 Å². The average molecular weight is 252 g/mol. The second-order valence-electron chi connectivity index (χ2n) is 4.14. The fraction of sp³-hybridized carbons (Fsp3) is 0.545. The number of hydrogen-bond acceptors (Lipinski definition) is 5. The molecule has 2 heterocycles. The molecule has 1 atom stereocenters. The normalized spacial score (nSPS) is 17.3. The summed E-state index contributed by atoms with van der Waals surface area (Å²) >= 11 is 0. The van der Waals surface area contributed by atoms with Gasteiger partial charge in [-0.05, 0) is 6.92 Å². The molecule has 0 radical (unpaired) electrons. The van der Waals surface area contributed by atoms with Crippen molar-refractivity contribution in [2.24, 2.45) is 0 Å². The highest BCUT2D eigenvalue weighted by atomic mass is 16.5. The van der Waals surface area contributed by atoms with Crippen molar-refractivity contribution in [1.29, 1.82) is 0 Å². The van der Waals surface area contributed by atoms with Gasteiger partial charge < -0.3 is 15.0 Å². The molecule has 0 aliphatic carbocycles. The number of morpholine rings is 1. The van der Waals surface area contributed by atoms with Crippen LogP contribution in [0, 0.1) is 0 Å². The van der Waals surface area contributed by atoms with Crippen molar-refractivity contribution in [3.8, 4) is 0 Å². The van der Waals surface area contributed by atoms with Crippen LogP contribution in [-0.4, -0.2) is 53.3 Å². The Hall–Kier alpha value is -1.89. The van der Waals surface area contributed by atoms with Crippen LogP contribution in [0.1, 0.15) is 6.92 Å². The fourth-order valence-corrected chi connectivity index (χ4v) is 1.82. The van der Waals surface area contributed by atoms with Gasteiger partial charge in [-0.3, -0.25) is 9.59 Å². The number of aromatic amines is 1. The largest absolute Gasteiger partial charge is 0.378 e. The number of carbonyl (C=O) groups is 1. The molecule has 0 spiro atoms. The number of anilines is 1. The van der Waals surface area contributed by atoms with E-state index in [9.17, 15) is 9.59 Å². The summed E-state index contributed by atoms with van der Waals surface area (Å²) in [6.45, 7) is 4.13. The number of ether oxygens (including phenoxy) is 1. The van der Waals surface area contributed by atoms with E-state index in [-0.39, 0.29) is 11.5 Å². The van der Waals surface area contributed by atoms with E-state index in [4.69, 9.17) is 4.74 Å². The second kappa shape index (κ2) is 5.63. The number of carbonyl (C=O) groups excluding carboxylic acids is 1. The first-order valence-corrected chi connectivity index (χ1v) is 5.84. The first-order valence-electron chi connectivity index (χ1n) is 5.84. The summed E-state index contributed by atoms with van der Waals surface area (Å²) in [5.74, 6) is -0.00131. The van der Waals surface area contributed by atoms with Crippen LogP contribution in [0.5, 0.6) is 0 Å². The van der Waals surface area contributed by atoms with Crippen LogP contribution in [0.15, 0.2) is 17.1 Å². The van der Waals surface area contributed by atoms with Crippen LogP contribution in [0.25, 0.3) is 0 Å². The lowest BCUT2D eigenvalue weighted by molar-refractivity contribution is -0.135. The third kappa shape index (κ3) is 3.07. The van der Waals surface area contributed by atoms with Gasteiger partial charge in [0.25, 0.3) is 5.56 Å². The van der Waals surface area contributed by atoms with Gasteiger partial charge in [-0.2, -0.15) is 5.10 Å². The summed E-state index contributed by atoms with van der Waals surface area (Å²) < 4.78 is 5.19. The van der Waals surface area contributed by atoms with Gasteiger partial charge in [0.15, 0.2) is 0 Å². The molecule has 1 saturated heterocycles. The monoisotopic (exact) mass is 252 g/mol. The molecule has 98 valence electrons. The zero-order valence-electron chi connectivity index (χ0n) is 10.2. The number of amides is 1. The Kier molecular flexibility index (Phi) is 3.93. The number of rotatable bonds is 3. The Morgan fingerprint density at radius 2 is 2.28 bits per heavy atom. The highest BCUT2D eigenvalue weighted by Gasteiger charge is 2.22. The van der Waals surface area contributed by atoms with Crippen molar-refractivity contribution in [2.45, 2.75) is 13.0 Å². The van der Waals surface area contributed by atoms with Crippen molar-refractivity contribution in [3.05, 3.63) is 22.6 Å². The Labute approximate surface area is 104 Å². The Bertz CT molecular complexity index is 467. The predicted molar refractivity (Wildman–Crippen MR) is 65.3 cm³/mol. The molecule has 1 aliphatic heterocycles. The van der Waals surface area contributed by atoms with Crippen LogP contribution in [0.2, 0.25) is 0 Å². The molecule has 1 aliphatic rings. The lowest BCUT2D eigenvalue weighted by Gasteiger charge is -2.29. The topological polar surface area (TPSA) is 87.3 Å². The zero-order valence-corrected chi connectivity index (χ0v) is 10.2. The molecule has 1 unspecified atom stereocenters. The summed E-state index contributed by atoms with van der Waals surface area (Å²) in [6, 6.07) is 0.975. The summed E-state index contributed by atoms with van der Waals surface area (Å²) in [7, 11) is 0. The highest BCUT2D eigenvalue weighted by molar-refractivity contribution is 5.84. The SMILES string of the molecule is CC(Nc1cn[nH]c(=O)c1)C(=O)N1CCOCC1. The number of H-pyrrole nitrogens is 1. The van der Waals surface area contributed by atoms with Gasteiger partial charge in [-0.25, -0.2) is 5.10 Å². The van der Waals surface area contributed by atoms with Crippen LogP contribution in [-0.2, 0) is 9.53 Å². The van der Waals surface area contributed by atoms with Gasteiger partial charge in [0.05, 0.1) is 25.1 Å². The number of nitrogens with zero attached hydrogens (tertiary/aromatic N) is 2. The summed E-state index contributed by atoms with van der Waals surface area (Å²) in [4.78, 5) is 24.9. The molecule has 1 aromatic heterocycles. The molecular formula is C11H16N4O3. The Balaban J connectivity index is 1.96. The van der Waals surface area contributed by atoms with E-state index in [1.165, 1.54) is 12.3 Å². The molecule has 0 bridgehead atoms. The molecule has 1 amide bonds. The Morgan fingerprint density at radius 3 is 2.94 bits per heavy atom. The molecule has 7 heteroatoms. The maximum absolute atomic E-state index is 12.1. The molecule has 7 nitrogen and oxygen atoms in total. The molecule has 1 aromatic rings. The van der Waals surface area contributed by atoms with Gasteiger partial charge in [0.2, 0.25) is 5.91 Å². The van der Waals surface area contributed by atoms with Crippen molar-refractivity contribution in [1.82, 2.24) is 15.1 Å². The lowest BCUT2D eigenvalue weighted by atomic mass is 10.2. The van der Waals surface area contributed by atoms with Crippen molar-refractivity contribution < 1.29 is 9.53 Å². The van der Waals surface area contributed by atoms with Crippen LogP contribution >= 0.6 is 0 Å². The van der Waals surface area contributed by atoms with E-state index in [0.717, 1.165) is 0 Å². The minimum atomic E-state index is -0.397. The minimum absolute atomic E-state index is 0.00131. The molecule has 2 rings (SSSR count). The van der Waals surface area contributed by atoms with Crippen LogP contribution < -0.4 is 10.9 Å². The average Bonchev–Trinajstić information content (AvgIpc) is 2.39. The maximum Gasteiger partial charge on any atom is 0.266 e. The van der Waals surface area contributed by atoms with E-state index in [0.29, 0.717) is 32.0 Å². The fourth-order valence-electron chi connectivity index (χ4n) is 1.82. The van der Waals surface area contributed by atoms with Gasteiger partial charge in [-0.15, -0.1) is 0 Å². The smallest absolute Gasteiger partial charge is 0.266 e. The third-order valence-electron chi connectivity index (χ3n) is 2.74. The summed E-state index contributed by atoms with van der Waals surface area (Å²) in [5, 5.41) is 8.91. The van der Waals surface area contributed by atoms with Crippen molar-refractivity contribution in [3.63, 3.8) is 0 Å². The summed E-state index contributed by atoms with van der Waals surface area (Å²) in [5.41, 5.74) is 0.235. The first kappa shape index (κ1) is 12.6. The minimum Gasteiger partial charge on any atom is -0.378 e. The van der Waals surface area contributed by atoms with E-state index in [2.05, 4.69) is 15.5 Å². The molecule has 2 N–H and O–H groups in total. The lowest BCUT2D eigenvalue weighted by Crippen LogP contribution is -2.47. The number of hydrogen-bond donors (Lipinski definition) is 2. The van der Waals surface area contributed by atoms with E-state index in [1.54, 1.807) is 11.8 Å². The molecule has 18 heavy (non-hydrogen) atoms. The number of aromatic nitrogens is 2. The standard InChI is InChI=1S/C11H16N4O3/c1-8(11(17)15-2-4-18-5-3-15)13-9-6-10(16)14-12-7-9/h6-8H,2-5H2,1H3,(H2,13,14,16). The molecule has 0 saturated carbocycles. The molecule has 1 fully saturated rings. The van der Waals surface area contributed by atoms with Crippen molar-refractivity contribution >= 4 is 11.6 Å². The maximum atomic E-state index is 12.1. The summed E-state index contributed by atoms with van der Waals surface area (Å²) in [6.07, 6.45) is 1.48. The number of nitrogens with one attached hydrogen (secondary N) is 2. The van der Waals surface area contributed by atoms with Crippen LogP contribution in [0.3, 0.4) is 0 Å². The Morgan fingerprint density at radius 1 is 1.56 bits per heavy atom. The first-order chi connectivity index (χ1) is 8.66. The highest BCUT2D eigenvalue weighted by Crippen LogP contribution is 2.06. The van der Waals surface area contributed by atoms with Gasteiger partial charge in [0, 0.05) is 19.2 Å². The van der Waals surface area contributed by atoms with E-state index >= 15 is 0 Å². The zero-order chi connectivity index (χ0) is 13.0.